The third kappa shape index (κ3) is 2.64. The lowest BCUT2D eigenvalue weighted by Crippen LogP contribution is -2.36. The van der Waals surface area contributed by atoms with Crippen LogP contribution in [0.25, 0.3) is 0 Å². The van der Waals surface area contributed by atoms with Gasteiger partial charge in [-0.3, -0.25) is 9.59 Å². The summed E-state index contributed by atoms with van der Waals surface area (Å²) in [5.74, 6) is -0.912. The van der Waals surface area contributed by atoms with Crippen LogP contribution in [0.5, 0.6) is 0 Å². The van der Waals surface area contributed by atoms with Gasteiger partial charge in [0.15, 0.2) is 11.4 Å². The highest BCUT2D eigenvalue weighted by Crippen LogP contribution is 2.40. The third-order valence-corrected chi connectivity index (χ3v) is 4.59. The van der Waals surface area contributed by atoms with E-state index in [0.717, 1.165) is 3.57 Å². The summed E-state index contributed by atoms with van der Waals surface area (Å²) >= 11 is 8.07. The molecule has 1 unspecified atom stereocenters. The zero-order chi connectivity index (χ0) is 15.9. The summed E-state index contributed by atoms with van der Waals surface area (Å²) in [7, 11) is 0. The average molecular weight is 428 g/mol. The molecule has 22 heavy (non-hydrogen) atoms. The Balaban J connectivity index is 1.94. The van der Waals surface area contributed by atoms with Gasteiger partial charge in [0, 0.05) is 25.4 Å². The summed E-state index contributed by atoms with van der Waals surface area (Å²) in [5, 5.41) is 13.7. The first-order valence-corrected chi connectivity index (χ1v) is 7.98. The van der Waals surface area contributed by atoms with Crippen LogP contribution in [0.3, 0.4) is 0 Å². The number of ketones is 1. The number of hydrogen-bond donors (Lipinski definition) is 2. The summed E-state index contributed by atoms with van der Waals surface area (Å²) in [6, 6.07) is 11.7. The molecule has 0 saturated heterocycles. The van der Waals surface area contributed by atoms with Crippen molar-refractivity contribution in [2.75, 3.05) is 5.32 Å². The van der Waals surface area contributed by atoms with E-state index >= 15 is 0 Å². The first-order chi connectivity index (χ1) is 10.4. The number of carbonyl (C=O) groups is 2. The number of amides is 1. The first-order valence-electron chi connectivity index (χ1n) is 6.53. The van der Waals surface area contributed by atoms with E-state index in [0.29, 0.717) is 21.8 Å². The molecule has 0 spiro atoms. The predicted molar refractivity (Wildman–Crippen MR) is 92.1 cm³/mol. The molecule has 1 heterocycles. The van der Waals surface area contributed by atoms with Crippen LogP contribution in [0.15, 0.2) is 42.5 Å². The van der Waals surface area contributed by atoms with Crippen LogP contribution in [-0.2, 0) is 10.4 Å². The lowest BCUT2D eigenvalue weighted by Gasteiger charge is -2.20. The Morgan fingerprint density at radius 2 is 1.91 bits per heavy atom. The summed E-state index contributed by atoms with van der Waals surface area (Å²) in [6.07, 6.45) is -0.327. The van der Waals surface area contributed by atoms with E-state index in [1.807, 2.05) is 0 Å². The molecule has 0 bridgehead atoms. The number of rotatable bonds is 3. The second kappa shape index (κ2) is 5.64. The minimum Gasteiger partial charge on any atom is -0.375 e. The van der Waals surface area contributed by atoms with Crippen molar-refractivity contribution in [1.29, 1.82) is 0 Å². The Hall–Kier alpha value is -1.44. The molecule has 4 nitrogen and oxygen atoms in total. The van der Waals surface area contributed by atoms with Gasteiger partial charge in [-0.15, -0.1) is 0 Å². The van der Waals surface area contributed by atoms with E-state index in [1.54, 1.807) is 36.4 Å². The van der Waals surface area contributed by atoms with Gasteiger partial charge in [-0.2, -0.15) is 0 Å². The standard InChI is InChI=1S/C16H11ClINO3/c17-10-3-6-13-12(7-10)16(22,15(21)19-13)8-14(20)9-1-4-11(18)5-2-9/h1-7,22H,8H2,(H,19,21). The van der Waals surface area contributed by atoms with Crippen LogP contribution in [0.4, 0.5) is 5.69 Å². The highest BCUT2D eigenvalue weighted by Gasteiger charge is 2.46. The quantitative estimate of drug-likeness (QED) is 0.583. The summed E-state index contributed by atoms with van der Waals surface area (Å²) in [6.45, 7) is 0. The van der Waals surface area contributed by atoms with E-state index in [9.17, 15) is 14.7 Å². The number of carbonyl (C=O) groups excluding carboxylic acids is 2. The molecule has 1 aliphatic heterocycles. The summed E-state index contributed by atoms with van der Waals surface area (Å²) in [5.41, 5.74) is -0.617. The minimum absolute atomic E-state index is 0.304. The molecule has 1 aliphatic rings. The highest BCUT2D eigenvalue weighted by atomic mass is 127. The average Bonchev–Trinajstić information content (AvgIpc) is 2.71. The van der Waals surface area contributed by atoms with Gasteiger partial charge in [0.05, 0.1) is 6.42 Å². The Bertz CT molecular complexity index is 775. The van der Waals surface area contributed by atoms with Crippen LogP contribution in [-0.4, -0.2) is 16.8 Å². The Morgan fingerprint density at radius 3 is 2.59 bits per heavy atom. The zero-order valence-corrected chi connectivity index (χ0v) is 14.2. The molecule has 0 fully saturated rings. The van der Waals surface area contributed by atoms with Gasteiger partial charge < -0.3 is 10.4 Å². The van der Waals surface area contributed by atoms with Gasteiger partial charge in [-0.25, -0.2) is 0 Å². The van der Waals surface area contributed by atoms with Crippen LogP contribution in [0.2, 0.25) is 5.02 Å². The van der Waals surface area contributed by atoms with E-state index in [2.05, 4.69) is 27.9 Å². The maximum atomic E-state index is 12.4. The number of benzene rings is 2. The van der Waals surface area contributed by atoms with Crippen LogP contribution in [0.1, 0.15) is 22.3 Å². The number of hydrogen-bond acceptors (Lipinski definition) is 3. The molecule has 0 saturated carbocycles. The molecule has 3 rings (SSSR count). The van der Waals surface area contributed by atoms with Gasteiger partial charge in [0.2, 0.25) is 0 Å². The molecule has 0 aromatic heterocycles. The third-order valence-electron chi connectivity index (χ3n) is 3.63. The fraction of sp³-hybridized carbons (Fsp3) is 0.125. The number of nitrogens with one attached hydrogen (secondary N) is 1. The Morgan fingerprint density at radius 1 is 1.23 bits per heavy atom. The van der Waals surface area contributed by atoms with Crippen molar-refractivity contribution in [3.63, 3.8) is 0 Å². The van der Waals surface area contributed by atoms with E-state index in [-0.39, 0.29) is 12.2 Å². The summed E-state index contributed by atoms with van der Waals surface area (Å²) in [4.78, 5) is 24.5. The molecule has 0 aliphatic carbocycles. The maximum absolute atomic E-state index is 12.4. The number of fused-ring (bicyclic) bond motifs is 1. The van der Waals surface area contributed by atoms with Gasteiger partial charge in [0.25, 0.3) is 5.91 Å². The van der Waals surface area contributed by atoms with Crippen molar-refractivity contribution in [2.45, 2.75) is 12.0 Å². The Labute approximate surface area is 145 Å². The Kier molecular flexibility index (Phi) is 3.96. The molecule has 2 aromatic carbocycles. The smallest absolute Gasteiger partial charge is 0.261 e. The van der Waals surface area contributed by atoms with Crippen molar-refractivity contribution < 1.29 is 14.7 Å². The van der Waals surface area contributed by atoms with Crippen LogP contribution in [0, 0.1) is 3.57 Å². The lowest BCUT2D eigenvalue weighted by molar-refractivity contribution is -0.133. The molecule has 2 aromatic rings. The number of anilines is 1. The second-order valence-electron chi connectivity index (χ2n) is 5.11. The molecule has 6 heteroatoms. The predicted octanol–water partition coefficient (Wildman–Crippen LogP) is 3.36. The van der Waals surface area contributed by atoms with Gasteiger partial charge in [0.1, 0.15) is 0 Å². The zero-order valence-electron chi connectivity index (χ0n) is 11.3. The minimum atomic E-state index is -1.89. The lowest BCUT2D eigenvalue weighted by atomic mass is 9.88. The molecular weight excluding hydrogens is 417 g/mol. The fourth-order valence-corrected chi connectivity index (χ4v) is 2.99. The van der Waals surface area contributed by atoms with Crippen LogP contribution < -0.4 is 5.32 Å². The highest BCUT2D eigenvalue weighted by molar-refractivity contribution is 14.1. The molecule has 0 radical (unpaired) electrons. The van der Waals surface area contributed by atoms with E-state index in [4.69, 9.17) is 11.6 Å². The van der Waals surface area contributed by atoms with Gasteiger partial charge >= 0.3 is 0 Å². The molecule has 1 amide bonds. The topological polar surface area (TPSA) is 66.4 Å². The number of halogens is 2. The van der Waals surface area contributed by atoms with Gasteiger partial charge in [-0.05, 0) is 52.9 Å². The SMILES string of the molecule is O=C(CC1(O)C(=O)Nc2ccc(Cl)cc21)c1ccc(I)cc1. The maximum Gasteiger partial charge on any atom is 0.261 e. The number of aliphatic hydroxyl groups is 1. The van der Waals surface area contributed by atoms with Crippen molar-refractivity contribution >= 4 is 51.6 Å². The van der Waals surface area contributed by atoms with Gasteiger partial charge in [-0.1, -0.05) is 23.7 Å². The molecule has 2 N–H and O–H groups in total. The largest absolute Gasteiger partial charge is 0.375 e. The summed E-state index contributed by atoms with van der Waals surface area (Å²) < 4.78 is 1.00. The van der Waals surface area contributed by atoms with Crippen molar-refractivity contribution in [3.05, 3.63) is 62.2 Å². The normalized spacial score (nSPS) is 19.7. The van der Waals surface area contributed by atoms with Crippen molar-refractivity contribution in [1.82, 2.24) is 0 Å². The second-order valence-corrected chi connectivity index (χ2v) is 6.79. The van der Waals surface area contributed by atoms with E-state index < -0.39 is 11.5 Å². The van der Waals surface area contributed by atoms with Crippen molar-refractivity contribution in [2.24, 2.45) is 0 Å². The molecular formula is C16H11ClINO3. The monoisotopic (exact) mass is 427 g/mol. The van der Waals surface area contributed by atoms with Crippen LogP contribution >= 0.6 is 34.2 Å². The van der Waals surface area contributed by atoms with Crippen molar-refractivity contribution in [3.8, 4) is 0 Å². The first kappa shape index (κ1) is 15.5. The number of Topliss-reactive ketones (excluding diaryl/α,β-unsaturated/α-hetero) is 1. The molecule has 112 valence electrons. The molecule has 1 atom stereocenters. The van der Waals surface area contributed by atoms with E-state index in [1.165, 1.54) is 6.07 Å². The fourth-order valence-electron chi connectivity index (χ4n) is 2.46.